The summed E-state index contributed by atoms with van der Waals surface area (Å²) in [5, 5.41) is 4.08. The summed E-state index contributed by atoms with van der Waals surface area (Å²) >= 11 is 0. The third kappa shape index (κ3) is 3.66. The monoisotopic (exact) mass is 378 g/mol. The smallest absolute Gasteiger partial charge is 0.256 e. The molecule has 7 heteroatoms. The van der Waals surface area contributed by atoms with Crippen LogP contribution in [0.5, 0.6) is 0 Å². The van der Waals surface area contributed by atoms with Gasteiger partial charge in [0, 0.05) is 30.4 Å². The zero-order valence-electron chi connectivity index (χ0n) is 15.9. The second kappa shape index (κ2) is 7.90. The van der Waals surface area contributed by atoms with Crippen LogP contribution in [0.3, 0.4) is 0 Å². The summed E-state index contributed by atoms with van der Waals surface area (Å²) in [6.07, 6.45) is 3.36. The van der Waals surface area contributed by atoms with E-state index < -0.39 is 0 Å². The number of benzene rings is 1. The van der Waals surface area contributed by atoms with Gasteiger partial charge in [0.25, 0.3) is 5.91 Å². The van der Waals surface area contributed by atoms with Gasteiger partial charge in [-0.1, -0.05) is 49.3 Å². The predicted molar refractivity (Wildman–Crippen MR) is 103 cm³/mol. The highest BCUT2D eigenvalue weighted by molar-refractivity contribution is 5.95. The number of rotatable bonds is 4. The molecule has 0 radical (unpaired) electrons. The topological polar surface area (TPSA) is 81.4 Å². The van der Waals surface area contributed by atoms with Crippen LogP contribution in [0.4, 0.5) is 0 Å². The summed E-state index contributed by atoms with van der Waals surface area (Å²) in [6.45, 7) is 5.25. The summed E-state index contributed by atoms with van der Waals surface area (Å²) in [4.78, 5) is 23.7. The average Bonchev–Trinajstić information content (AvgIpc) is 3.24. The van der Waals surface area contributed by atoms with Gasteiger partial charge in [-0.05, 0) is 11.6 Å². The van der Waals surface area contributed by atoms with Crippen molar-refractivity contribution in [2.75, 3.05) is 19.8 Å². The molecule has 7 nitrogen and oxygen atoms in total. The number of amides is 1. The number of pyridine rings is 1. The lowest BCUT2D eigenvalue weighted by molar-refractivity contribution is -0.00578. The Hall–Kier alpha value is -3.06. The molecule has 1 aliphatic heterocycles. The maximum Gasteiger partial charge on any atom is 0.256 e. The summed E-state index contributed by atoms with van der Waals surface area (Å²) in [5.41, 5.74) is 2.45. The molecule has 28 heavy (non-hydrogen) atoms. The molecule has 2 aromatic heterocycles. The fourth-order valence-electron chi connectivity index (χ4n) is 3.19. The Kier molecular flexibility index (Phi) is 5.16. The van der Waals surface area contributed by atoms with Crippen LogP contribution in [0.2, 0.25) is 0 Å². The number of carbonyl (C=O) groups excluding carboxylic acids is 1. The van der Waals surface area contributed by atoms with Crippen molar-refractivity contribution in [2.24, 2.45) is 0 Å². The Balaban J connectivity index is 1.62. The van der Waals surface area contributed by atoms with Crippen molar-refractivity contribution < 1.29 is 14.1 Å². The highest BCUT2D eigenvalue weighted by Crippen LogP contribution is 2.26. The molecule has 0 saturated carbocycles. The molecule has 0 N–H and O–H groups in total. The molecule has 1 unspecified atom stereocenters. The van der Waals surface area contributed by atoms with Gasteiger partial charge in [0.15, 0.2) is 5.82 Å². The molecule has 1 fully saturated rings. The first kappa shape index (κ1) is 18.3. The normalized spacial score (nSPS) is 17.1. The minimum Gasteiger partial charge on any atom is -0.377 e. The van der Waals surface area contributed by atoms with E-state index in [-0.39, 0.29) is 17.9 Å². The second-order valence-corrected chi connectivity index (χ2v) is 7.06. The van der Waals surface area contributed by atoms with Crippen molar-refractivity contribution in [2.45, 2.75) is 25.8 Å². The number of nitrogens with zero attached hydrogens (tertiary/aromatic N) is 4. The van der Waals surface area contributed by atoms with Gasteiger partial charge in [-0.3, -0.25) is 9.78 Å². The molecule has 1 aliphatic rings. The van der Waals surface area contributed by atoms with Gasteiger partial charge in [0.1, 0.15) is 6.04 Å². The van der Waals surface area contributed by atoms with Crippen LogP contribution in [0.25, 0.3) is 11.1 Å². The van der Waals surface area contributed by atoms with Crippen LogP contribution >= 0.6 is 0 Å². The minimum absolute atomic E-state index is 0.116. The van der Waals surface area contributed by atoms with E-state index in [1.807, 2.05) is 50.2 Å². The Morgan fingerprint density at radius 3 is 2.75 bits per heavy atom. The van der Waals surface area contributed by atoms with E-state index in [2.05, 4.69) is 15.1 Å². The van der Waals surface area contributed by atoms with E-state index in [1.165, 1.54) is 0 Å². The van der Waals surface area contributed by atoms with E-state index in [9.17, 15) is 4.79 Å². The molecule has 1 saturated heterocycles. The molecule has 0 bridgehead atoms. The zero-order chi connectivity index (χ0) is 19.5. The van der Waals surface area contributed by atoms with Gasteiger partial charge in [-0.25, -0.2) is 0 Å². The van der Waals surface area contributed by atoms with Crippen LogP contribution in [0.15, 0.2) is 53.3 Å². The van der Waals surface area contributed by atoms with Gasteiger partial charge >= 0.3 is 0 Å². The lowest BCUT2D eigenvalue weighted by atomic mass is 10.1. The molecule has 1 aromatic carbocycles. The Bertz CT molecular complexity index is 955. The summed E-state index contributed by atoms with van der Waals surface area (Å²) in [7, 11) is 0. The van der Waals surface area contributed by atoms with Crippen LogP contribution in [0, 0.1) is 0 Å². The highest BCUT2D eigenvalue weighted by atomic mass is 16.5. The first-order valence-electron chi connectivity index (χ1n) is 9.36. The Morgan fingerprint density at radius 2 is 2.00 bits per heavy atom. The largest absolute Gasteiger partial charge is 0.377 e. The first-order chi connectivity index (χ1) is 13.6. The van der Waals surface area contributed by atoms with E-state index in [4.69, 9.17) is 9.26 Å². The number of ether oxygens (including phenoxy) is 1. The maximum absolute atomic E-state index is 13.3. The molecular weight excluding hydrogens is 356 g/mol. The number of morpholine rings is 1. The molecule has 1 atom stereocenters. The fraction of sp³-hybridized carbons (Fsp3) is 0.333. The van der Waals surface area contributed by atoms with Gasteiger partial charge < -0.3 is 14.2 Å². The standard InChI is InChI=1S/C21H22N4O3/c1-14(2)20-23-19(24-28-20)18-13-27-9-8-25(18)21(26)17-10-16(11-22-12-17)15-6-4-3-5-7-15/h3-7,10-12,14,18H,8-9,13H2,1-2H3. The zero-order valence-corrected chi connectivity index (χ0v) is 15.9. The number of hydrogen-bond acceptors (Lipinski definition) is 6. The van der Waals surface area contributed by atoms with Crippen LogP contribution < -0.4 is 0 Å². The van der Waals surface area contributed by atoms with E-state index in [0.29, 0.717) is 37.0 Å². The quantitative estimate of drug-likeness (QED) is 0.691. The molecular formula is C21H22N4O3. The lowest BCUT2D eigenvalue weighted by Crippen LogP contribution is -2.43. The second-order valence-electron chi connectivity index (χ2n) is 7.06. The SMILES string of the molecule is CC(C)c1nc(C2COCCN2C(=O)c2cncc(-c3ccccc3)c2)no1. The Morgan fingerprint density at radius 1 is 1.18 bits per heavy atom. The number of hydrogen-bond donors (Lipinski definition) is 0. The molecule has 3 aromatic rings. The van der Waals surface area contributed by atoms with Gasteiger partial charge in [0.2, 0.25) is 5.89 Å². The van der Waals surface area contributed by atoms with E-state index in [0.717, 1.165) is 11.1 Å². The summed E-state index contributed by atoms with van der Waals surface area (Å²) < 4.78 is 10.9. The molecule has 0 aliphatic carbocycles. The van der Waals surface area contributed by atoms with Crippen LogP contribution in [-0.2, 0) is 4.74 Å². The van der Waals surface area contributed by atoms with Crippen LogP contribution in [-0.4, -0.2) is 45.7 Å². The molecule has 144 valence electrons. The third-order valence-corrected chi connectivity index (χ3v) is 4.73. The summed E-state index contributed by atoms with van der Waals surface area (Å²) in [5.74, 6) is 1.04. The van der Waals surface area contributed by atoms with Crippen molar-refractivity contribution in [1.29, 1.82) is 0 Å². The van der Waals surface area contributed by atoms with Gasteiger partial charge in [-0.2, -0.15) is 4.98 Å². The predicted octanol–water partition coefficient (Wildman–Crippen LogP) is 3.47. The van der Waals surface area contributed by atoms with Gasteiger partial charge in [-0.15, -0.1) is 0 Å². The maximum atomic E-state index is 13.3. The van der Waals surface area contributed by atoms with Gasteiger partial charge in [0.05, 0.1) is 18.8 Å². The van der Waals surface area contributed by atoms with Crippen molar-refractivity contribution in [3.63, 3.8) is 0 Å². The van der Waals surface area contributed by atoms with Crippen molar-refractivity contribution in [1.82, 2.24) is 20.0 Å². The van der Waals surface area contributed by atoms with Crippen molar-refractivity contribution in [3.8, 4) is 11.1 Å². The summed E-state index contributed by atoms with van der Waals surface area (Å²) in [6, 6.07) is 11.4. The molecule has 4 rings (SSSR count). The first-order valence-corrected chi connectivity index (χ1v) is 9.36. The molecule has 3 heterocycles. The third-order valence-electron chi connectivity index (χ3n) is 4.73. The average molecular weight is 378 g/mol. The number of carbonyl (C=O) groups is 1. The van der Waals surface area contributed by atoms with Crippen LogP contribution in [0.1, 0.15) is 47.9 Å². The molecule has 1 amide bonds. The fourth-order valence-corrected chi connectivity index (χ4v) is 3.19. The van der Waals surface area contributed by atoms with E-state index >= 15 is 0 Å². The molecule has 0 spiro atoms. The minimum atomic E-state index is -0.377. The number of aromatic nitrogens is 3. The lowest BCUT2D eigenvalue weighted by Gasteiger charge is -2.33. The Labute approximate surface area is 163 Å². The van der Waals surface area contributed by atoms with Crippen molar-refractivity contribution in [3.05, 3.63) is 66.1 Å². The van der Waals surface area contributed by atoms with E-state index in [1.54, 1.807) is 17.3 Å². The highest BCUT2D eigenvalue weighted by Gasteiger charge is 2.33. The van der Waals surface area contributed by atoms with Crippen molar-refractivity contribution >= 4 is 5.91 Å².